The van der Waals surface area contributed by atoms with Gasteiger partial charge < -0.3 is 9.47 Å². The second-order valence-corrected chi connectivity index (χ2v) is 9.66. The number of non-ortho nitro benzene ring substituents is 1. The standard InChI is InChI=1S/C25H18Cl2N2O8/c26-14-9-12(10-15(27)25(14)37-19-8-7-13(28(32)33)11-16(19)29(34)35)22-23-17(30)3-1-5-20(23)36-21-6-2-4-18(31)24(21)22/h7-11,22H,1-6H2. The van der Waals surface area contributed by atoms with Crippen molar-refractivity contribution in [1.82, 2.24) is 0 Å². The third kappa shape index (κ3) is 4.47. The summed E-state index contributed by atoms with van der Waals surface area (Å²) in [5, 5.41) is 22.5. The van der Waals surface area contributed by atoms with Gasteiger partial charge in [0.1, 0.15) is 11.5 Å². The SMILES string of the molecule is O=C1CCCC2=C1C(c1cc(Cl)c(Oc3ccc([N+](=O)[O-])cc3[N+](=O)[O-])c(Cl)c1)C1=C(CCCC1=O)O2. The first-order valence-electron chi connectivity index (χ1n) is 11.5. The number of ether oxygens (including phenoxy) is 2. The molecule has 1 aliphatic heterocycles. The Kier molecular flexibility index (Phi) is 6.47. The maximum absolute atomic E-state index is 13.0. The van der Waals surface area contributed by atoms with Crippen molar-refractivity contribution in [2.45, 2.75) is 44.4 Å². The molecule has 0 unspecified atom stereocenters. The number of hydrogen-bond donors (Lipinski definition) is 0. The second-order valence-electron chi connectivity index (χ2n) is 8.84. The smallest absolute Gasteiger partial charge is 0.318 e. The van der Waals surface area contributed by atoms with Gasteiger partial charge in [0.05, 0.1) is 26.0 Å². The summed E-state index contributed by atoms with van der Waals surface area (Å²) in [5.41, 5.74) is 0.224. The summed E-state index contributed by atoms with van der Waals surface area (Å²) in [6.07, 6.45) is 3.14. The van der Waals surface area contributed by atoms with E-state index in [4.69, 9.17) is 32.7 Å². The Hall–Kier alpha value is -3.76. The fourth-order valence-corrected chi connectivity index (χ4v) is 5.53. The van der Waals surface area contributed by atoms with Crippen LogP contribution in [0.3, 0.4) is 0 Å². The van der Waals surface area contributed by atoms with Crippen LogP contribution in [0.4, 0.5) is 11.4 Å². The molecule has 3 aliphatic rings. The number of hydrogen-bond acceptors (Lipinski definition) is 8. The van der Waals surface area contributed by atoms with Crippen molar-refractivity contribution in [3.63, 3.8) is 0 Å². The lowest BCUT2D eigenvalue weighted by Crippen LogP contribution is -2.30. The Bertz CT molecular complexity index is 1400. The largest absolute Gasteiger partial charge is 0.465 e. The Morgan fingerprint density at radius 2 is 1.41 bits per heavy atom. The highest BCUT2D eigenvalue weighted by molar-refractivity contribution is 6.37. The summed E-state index contributed by atoms with van der Waals surface area (Å²) >= 11 is 13.0. The Morgan fingerprint density at radius 3 is 1.92 bits per heavy atom. The van der Waals surface area contributed by atoms with Crippen molar-refractivity contribution in [3.8, 4) is 11.5 Å². The molecule has 0 fully saturated rings. The summed E-state index contributed by atoms with van der Waals surface area (Å²) in [6.45, 7) is 0. The van der Waals surface area contributed by atoms with E-state index in [1.165, 1.54) is 12.1 Å². The van der Waals surface area contributed by atoms with Crippen molar-refractivity contribution < 1.29 is 28.9 Å². The van der Waals surface area contributed by atoms with Crippen LogP contribution in [0.15, 0.2) is 53.0 Å². The van der Waals surface area contributed by atoms with Crippen LogP contribution in [-0.4, -0.2) is 21.4 Å². The lowest BCUT2D eigenvalue weighted by molar-refractivity contribution is -0.394. The minimum atomic E-state index is -0.814. The zero-order chi connectivity index (χ0) is 26.4. The minimum absolute atomic E-state index is 0.0162. The predicted molar refractivity (Wildman–Crippen MR) is 132 cm³/mol. The van der Waals surface area contributed by atoms with Gasteiger partial charge in [0.25, 0.3) is 5.69 Å². The second kappa shape index (κ2) is 9.60. The van der Waals surface area contributed by atoms with Crippen molar-refractivity contribution in [2.24, 2.45) is 0 Å². The quantitative estimate of drug-likeness (QED) is 0.298. The topological polar surface area (TPSA) is 139 Å². The number of nitrogens with zero attached hydrogens (tertiary/aromatic N) is 2. The Labute approximate surface area is 219 Å². The number of rotatable bonds is 5. The summed E-state index contributed by atoms with van der Waals surface area (Å²) in [4.78, 5) is 46.9. The fraction of sp³-hybridized carbons (Fsp3) is 0.280. The average molecular weight is 545 g/mol. The van der Waals surface area contributed by atoms with Crippen LogP contribution in [0.5, 0.6) is 11.5 Å². The molecule has 12 heteroatoms. The van der Waals surface area contributed by atoms with Gasteiger partial charge in [-0.25, -0.2) is 0 Å². The first-order valence-corrected chi connectivity index (χ1v) is 12.2. The summed E-state index contributed by atoms with van der Waals surface area (Å²) < 4.78 is 11.7. The predicted octanol–water partition coefficient (Wildman–Crippen LogP) is 6.73. The van der Waals surface area contributed by atoms with Gasteiger partial charge in [-0.2, -0.15) is 0 Å². The first kappa shape index (κ1) is 24.9. The molecule has 0 aromatic heterocycles. The zero-order valence-corrected chi connectivity index (χ0v) is 20.6. The molecule has 1 heterocycles. The molecule has 2 aromatic rings. The molecular formula is C25H18Cl2N2O8. The Balaban J connectivity index is 1.59. The number of Topliss-reactive ketones (excluding diaryl/α,β-unsaturated/α-hetero) is 2. The Morgan fingerprint density at radius 1 is 0.838 bits per heavy atom. The van der Waals surface area contributed by atoms with Crippen molar-refractivity contribution in [3.05, 3.63) is 88.8 Å². The molecule has 0 N–H and O–H groups in total. The third-order valence-corrected chi connectivity index (χ3v) is 7.12. The minimum Gasteiger partial charge on any atom is -0.465 e. The van der Waals surface area contributed by atoms with E-state index in [0.717, 1.165) is 18.2 Å². The van der Waals surface area contributed by atoms with E-state index in [0.29, 0.717) is 66.8 Å². The molecule has 0 saturated heterocycles. The molecule has 0 bridgehead atoms. The van der Waals surface area contributed by atoms with Crippen molar-refractivity contribution in [1.29, 1.82) is 0 Å². The third-order valence-electron chi connectivity index (χ3n) is 6.56. The highest BCUT2D eigenvalue weighted by atomic mass is 35.5. The van der Waals surface area contributed by atoms with Crippen LogP contribution in [0, 0.1) is 20.2 Å². The zero-order valence-electron chi connectivity index (χ0n) is 19.1. The van der Waals surface area contributed by atoms with Crippen molar-refractivity contribution in [2.75, 3.05) is 0 Å². The normalized spacial score (nSPS) is 17.8. The fourth-order valence-electron chi connectivity index (χ4n) is 4.95. The lowest BCUT2D eigenvalue weighted by Gasteiger charge is -2.36. The maximum atomic E-state index is 13.0. The number of benzene rings is 2. The average Bonchev–Trinajstić information content (AvgIpc) is 2.85. The lowest BCUT2D eigenvalue weighted by atomic mass is 9.73. The maximum Gasteiger partial charge on any atom is 0.318 e. The number of allylic oxidation sites excluding steroid dienone is 4. The van der Waals surface area contributed by atoms with E-state index in [1.807, 2.05) is 0 Å². The van der Waals surface area contributed by atoms with Gasteiger partial charge >= 0.3 is 5.69 Å². The number of carbonyl (C=O) groups excluding carboxylic acids is 2. The molecule has 37 heavy (non-hydrogen) atoms. The van der Waals surface area contributed by atoms with Crippen LogP contribution in [-0.2, 0) is 14.3 Å². The number of carbonyl (C=O) groups is 2. The van der Waals surface area contributed by atoms with E-state index in [2.05, 4.69) is 0 Å². The van der Waals surface area contributed by atoms with E-state index in [1.54, 1.807) is 0 Å². The van der Waals surface area contributed by atoms with Gasteiger partial charge in [0, 0.05) is 48.8 Å². The van der Waals surface area contributed by atoms with Gasteiger partial charge in [0.15, 0.2) is 17.3 Å². The van der Waals surface area contributed by atoms with Crippen LogP contribution in [0.25, 0.3) is 0 Å². The molecule has 2 aliphatic carbocycles. The molecule has 0 saturated carbocycles. The number of ketones is 2. The molecule has 0 spiro atoms. The van der Waals surface area contributed by atoms with Gasteiger partial charge in [-0.3, -0.25) is 29.8 Å². The van der Waals surface area contributed by atoms with Crippen molar-refractivity contribution >= 4 is 46.1 Å². The van der Waals surface area contributed by atoms with Gasteiger partial charge in [-0.15, -0.1) is 0 Å². The number of nitro benzene ring substituents is 2. The van der Waals surface area contributed by atoms with Crippen LogP contribution >= 0.6 is 23.2 Å². The van der Waals surface area contributed by atoms with Gasteiger partial charge in [-0.1, -0.05) is 23.2 Å². The molecule has 190 valence electrons. The first-order chi connectivity index (χ1) is 17.7. The summed E-state index contributed by atoms with van der Waals surface area (Å²) in [5.74, 6) is -0.192. The van der Waals surface area contributed by atoms with Gasteiger partial charge in [0.2, 0.25) is 5.75 Å². The van der Waals surface area contributed by atoms with E-state index >= 15 is 0 Å². The monoisotopic (exact) mass is 544 g/mol. The van der Waals surface area contributed by atoms with Crippen LogP contribution < -0.4 is 4.74 Å². The molecule has 2 aromatic carbocycles. The number of halogens is 2. The van der Waals surface area contributed by atoms with E-state index in [-0.39, 0.29) is 33.1 Å². The highest BCUT2D eigenvalue weighted by Gasteiger charge is 2.42. The van der Waals surface area contributed by atoms with Crippen LogP contribution in [0.1, 0.15) is 50.0 Å². The summed E-state index contributed by atoms with van der Waals surface area (Å²) in [6, 6.07) is 5.94. The van der Waals surface area contributed by atoms with E-state index < -0.39 is 27.1 Å². The molecule has 0 atom stereocenters. The van der Waals surface area contributed by atoms with Crippen LogP contribution in [0.2, 0.25) is 10.0 Å². The molecule has 0 radical (unpaired) electrons. The highest BCUT2D eigenvalue weighted by Crippen LogP contribution is 2.50. The van der Waals surface area contributed by atoms with E-state index in [9.17, 15) is 29.8 Å². The molecule has 0 amide bonds. The molecule has 10 nitrogen and oxygen atoms in total. The molecular weight excluding hydrogens is 527 g/mol. The van der Waals surface area contributed by atoms with Gasteiger partial charge in [-0.05, 0) is 36.6 Å². The molecule has 5 rings (SSSR count). The number of nitro groups is 2. The summed E-state index contributed by atoms with van der Waals surface area (Å²) in [7, 11) is 0.